The maximum Gasteiger partial charge on any atom is 0.335 e. The fourth-order valence-electron chi connectivity index (χ4n) is 4.04. The summed E-state index contributed by atoms with van der Waals surface area (Å²) >= 11 is 0. The minimum absolute atomic E-state index is 0.135. The first-order valence-corrected chi connectivity index (χ1v) is 7.65. The molecule has 0 bridgehead atoms. The highest BCUT2D eigenvalue weighted by molar-refractivity contribution is 5.82. The number of carbonyl (C=O) groups excluding carboxylic acids is 1. The van der Waals surface area contributed by atoms with Gasteiger partial charge in [-0.15, -0.1) is 0 Å². The number of methoxy groups -OCH3 is 1. The van der Waals surface area contributed by atoms with Gasteiger partial charge in [0.25, 0.3) is 0 Å². The first-order valence-electron chi connectivity index (χ1n) is 7.65. The molecule has 3 heteroatoms. The molecule has 1 unspecified atom stereocenters. The molecule has 0 radical (unpaired) electrons. The predicted octanol–water partition coefficient (Wildman–Crippen LogP) is 3.31. The second-order valence-corrected chi connectivity index (χ2v) is 6.01. The van der Waals surface area contributed by atoms with Gasteiger partial charge in [0.1, 0.15) is 0 Å². The monoisotopic (exact) mass is 294 g/mol. The van der Waals surface area contributed by atoms with E-state index in [0.29, 0.717) is 13.0 Å². The van der Waals surface area contributed by atoms with E-state index in [2.05, 4.69) is 48.5 Å². The van der Waals surface area contributed by atoms with Crippen LogP contribution in [0.1, 0.15) is 24.0 Å². The molecule has 1 heterocycles. The molecule has 1 aliphatic carbocycles. The quantitative estimate of drug-likeness (QED) is 0.757. The van der Waals surface area contributed by atoms with Crippen molar-refractivity contribution in [2.24, 2.45) is 0 Å². The van der Waals surface area contributed by atoms with Crippen molar-refractivity contribution in [1.29, 1.82) is 0 Å². The molecule has 0 amide bonds. The van der Waals surface area contributed by atoms with Crippen molar-refractivity contribution in [1.82, 2.24) is 0 Å². The normalized spacial score (nSPS) is 21.2. The lowest BCUT2D eigenvalue weighted by Gasteiger charge is -2.38. The molecule has 0 saturated carbocycles. The smallest absolute Gasteiger partial charge is 0.335 e. The van der Waals surface area contributed by atoms with Crippen molar-refractivity contribution in [3.63, 3.8) is 0 Å². The third-order valence-electron chi connectivity index (χ3n) is 5.02. The molecule has 3 nitrogen and oxygen atoms in total. The van der Waals surface area contributed by atoms with Gasteiger partial charge in [0.05, 0.1) is 7.11 Å². The van der Waals surface area contributed by atoms with Gasteiger partial charge in [-0.05, 0) is 35.1 Å². The van der Waals surface area contributed by atoms with E-state index in [1.165, 1.54) is 29.4 Å². The van der Waals surface area contributed by atoms with Crippen LogP contribution < -0.4 is 0 Å². The summed E-state index contributed by atoms with van der Waals surface area (Å²) in [6, 6.07) is 17.0. The van der Waals surface area contributed by atoms with Crippen molar-refractivity contribution in [3.05, 3.63) is 59.7 Å². The molecular weight excluding hydrogens is 276 g/mol. The Kier molecular flexibility index (Phi) is 3.05. The summed E-state index contributed by atoms with van der Waals surface area (Å²) < 4.78 is 10.6. The number of ether oxygens (including phenoxy) is 2. The molecule has 1 atom stereocenters. The standard InChI is InChI=1S/C19H18O3/c1-21-18(20)17-12-19(10-11-22-17)15-8-4-2-6-13(15)14-7-3-5-9-16(14)19/h2-9,17H,10-12H2,1H3. The molecular formula is C19H18O3. The van der Waals surface area contributed by atoms with Gasteiger partial charge in [-0.25, -0.2) is 4.79 Å². The van der Waals surface area contributed by atoms with Crippen molar-refractivity contribution in [2.75, 3.05) is 13.7 Å². The average Bonchev–Trinajstić information content (AvgIpc) is 2.85. The van der Waals surface area contributed by atoms with Crippen LogP contribution in [0.2, 0.25) is 0 Å². The summed E-state index contributed by atoms with van der Waals surface area (Å²) in [6.07, 6.45) is 1.06. The van der Waals surface area contributed by atoms with E-state index in [1.54, 1.807) is 0 Å². The first-order chi connectivity index (χ1) is 10.8. The lowest BCUT2D eigenvalue weighted by atomic mass is 9.70. The van der Waals surface area contributed by atoms with Gasteiger partial charge in [-0.3, -0.25) is 0 Å². The second-order valence-electron chi connectivity index (χ2n) is 6.01. The van der Waals surface area contributed by atoms with Gasteiger partial charge in [0.15, 0.2) is 6.10 Å². The molecule has 1 spiro atoms. The molecule has 1 saturated heterocycles. The number of hydrogen-bond acceptors (Lipinski definition) is 3. The molecule has 2 aromatic carbocycles. The summed E-state index contributed by atoms with van der Waals surface area (Å²) in [7, 11) is 1.42. The molecule has 0 N–H and O–H groups in total. The van der Waals surface area contributed by atoms with Crippen molar-refractivity contribution >= 4 is 5.97 Å². The highest BCUT2D eigenvalue weighted by Crippen LogP contribution is 2.54. The van der Waals surface area contributed by atoms with Gasteiger partial charge < -0.3 is 9.47 Å². The van der Waals surface area contributed by atoms with Gasteiger partial charge in [-0.1, -0.05) is 48.5 Å². The Balaban J connectivity index is 1.88. The number of esters is 1. The van der Waals surface area contributed by atoms with Crippen LogP contribution in [-0.4, -0.2) is 25.8 Å². The topological polar surface area (TPSA) is 35.5 Å². The Bertz CT molecular complexity index is 689. The highest BCUT2D eigenvalue weighted by Gasteiger charge is 2.48. The largest absolute Gasteiger partial charge is 0.467 e. The molecule has 0 aromatic heterocycles. The van der Waals surface area contributed by atoms with Gasteiger partial charge in [0, 0.05) is 12.0 Å². The third kappa shape index (κ3) is 1.75. The van der Waals surface area contributed by atoms with Crippen LogP contribution in [-0.2, 0) is 19.7 Å². The second kappa shape index (κ2) is 4.96. The van der Waals surface area contributed by atoms with Crippen LogP contribution in [0.25, 0.3) is 11.1 Å². The summed E-state index contributed by atoms with van der Waals surface area (Å²) in [4.78, 5) is 12.0. The number of carbonyl (C=O) groups is 1. The van der Waals surface area contributed by atoms with Crippen LogP contribution in [0.15, 0.2) is 48.5 Å². The zero-order chi connectivity index (χ0) is 15.2. The minimum Gasteiger partial charge on any atom is -0.467 e. The van der Waals surface area contributed by atoms with Gasteiger partial charge >= 0.3 is 5.97 Å². The SMILES string of the molecule is COC(=O)C1CC2(CCO1)c1ccccc1-c1ccccc12. The number of fused-ring (bicyclic) bond motifs is 5. The maximum absolute atomic E-state index is 12.0. The fourth-order valence-corrected chi connectivity index (χ4v) is 4.04. The molecule has 4 rings (SSSR count). The lowest BCUT2D eigenvalue weighted by molar-refractivity contribution is -0.158. The zero-order valence-corrected chi connectivity index (χ0v) is 12.5. The van der Waals surface area contributed by atoms with Gasteiger partial charge in [-0.2, -0.15) is 0 Å². The molecule has 112 valence electrons. The van der Waals surface area contributed by atoms with E-state index < -0.39 is 6.10 Å². The predicted molar refractivity (Wildman–Crippen MR) is 83.6 cm³/mol. The van der Waals surface area contributed by atoms with E-state index in [1.807, 2.05) is 0 Å². The van der Waals surface area contributed by atoms with Crippen LogP contribution in [0.5, 0.6) is 0 Å². The zero-order valence-electron chi connectivity index (χ0n) is 12.5. The Morgan fingerprint density at radius 2 is 1.68 bits per heavy atom. The van der Waals surface area contributed by atoms with E-state index in [4.69, 9.17) is 9.47 Å². The summed E-state index contributed by atoms with van der Waals surface area (Å²) in [5.74, 6) is -0.277. The van der Waals surface area contributed by atoms with Crippen LogP contribution >= 0.6 is 0 Å². The summed E-state index contributed by atoms with van der Waals surface area (Å²) in [5, 5.41) is 0. The maximum atomic E-state index is 12.0. The summed E-state index contributed by atoms with van der Waals surface area (Å²) in [6.45, 7) is 0.572. The molecule has 2 aliphatic rings. The molecule has 1 fully saturated rings. The number of rotatable bonds is 1. The van der Waals surface area contributed by atoms with E-state index >= 15 is 0 Å². The minimum atomic E-state index is -0.488. The van der Waals surface area contributed by atoms with E-state index in [0.717, 1.165) is 6.42 Å². The highest BCUT2D eigenvalue weighted by atomic mass is 16.6. The molecule has 1 aliphatic heterocycles. The lowest BCUT2D eigenvalue weighted by Crippen LogP contribution is -2.42. The Hall–Kier alpha value is -2.13. The number of hydrogen-bond donors (Lipinski definition) is 0. The Morgan fingerprint density at radius 1 is 1.09 bits per heavy atom. The number of benzene rings is 2. The van der Waals surface area contributed by atoms with Crippen LogP contribution in [0.3, 0.4) is 0 Å². The van der Waals surface area contributed by atoms with E-state index in [9.17, 15) is 4.79 Å². The van der Waals surface area contributed by atoms with Crippen molar-refractivity contribution in [3.8, 4) is 11.1 Å². The van der Waals surface area contributed by atoms with Crippen molar-refractivity contribution < 1.29 is 14.3 Å². The Labute approximate surface area is 129 Å². The van der Waals surface area contributed by atoms with Crippen LogP contribution in [0, 0.1) is 0 Å². The van der Waals surface area contributed by atoms with Gasteiger partial charge in [0.2, 0.25) is 0 Å². The van der Waals surface area contributed by atoms with E-state index in [-0.39, 0.29) is 11.4 Å². The first kappa shape index (κ1) is 13.5. The fraction of sp³-hybridized carbons (Fsp3) is 0.316. The van der Waals surface area contributed by atoms with Crippen LogP contribution in [0.4, 0.5) is 0 Å². The summed E-state index contributed by atoms with van der Waals surface area (Å²) in [5.41, 5.74) is 5.05. The third-order valence-corrected chi connectivity index (χ3v) is 5.02. The molecule has 2 aromatic rings. The Morgan fingerprint density at radius 3 is 2.27 bits per heavy atom. The molecule has 22 heavy (non-hydrogen) atoms. The average molecular weight is 294 g/mol. The van der Waals surface area contributed by atoms with Crippen molar-refractivity contribution in [2.45, 2.75) is 24.4 Å².